The van der Waals surface area contributed by atoms with Crippen molar-refractivity contribution in [3.05, 3.63) is 88.6 Å². The Hall–Kier alpha value is -2.71. The fourth-order valence-electron chi connectivity index (χ4n) is 2.62. The molecule has 0 fully saturated rings. The first-order valence-corrected chi connectivity index (χ1v) is 10.9. The second kappa shape index (κ2) is 8.75. The molecule has 0 aliphatic rings. The molecule has 0 aliphatic heterocycles. The van der Waals surface area contributed by atoms with Gasteiger partial charge in [-0.2, -0.15) is 0 Å². The highest BCUT2D eigenvalue weighted by atomic mass is 79.9. The number of anilines is 2. The van der Waals surface area contributed by atoms with Crippen molar-refractivity contribution in [2.75, 3.05) is 16.2 Å². The van der Waals surface area contributed by atoms with E-state index in [0.29, 0.717) is 11.4 Å². The van der Waals surface area contributed by atoms with Gasteiger partial charge in [0.05, 0.1) is 10.6 Å². The van der Waals surface area contributed by atoms with E-state index in [1.165, 1.54) is 12.1 Å². The summed E-state index contributed by atoms with van der Waals surface area (Å²) in [5.74, 6) is -1.04. The van der Waals surface area contributed by atoms with Crippen LogP contribution in [0.15, 0.2) is 82.2 Å². The Morgan fingerprint density at radius 3 is 2.14 bits per heavy atom. The Labute approximate surface area is 177 Å². The average molecular weight is 477 g/mol. The van der Waals surface area contributed by atoms with Crippen LogP contribution in [0.2, 0.25) is 0 Å². The Kier molecular flexibility index (Phi) is 6.34. The Morgan fingerprint density at radius 1 is 0.966 bits per heavy atom. The fraction of sp³-hybridized carbons (Fsp3) is 0.0952. The van der Waals surface area contributed by atoms with Gasteiger partial charge >= 0.3 is 0 Å². The highest BCUT2D eigenvalue weighted by Crippen LogP contribution is 2.24. The number of carbonyl (C=O) groups is 1. The largest absolute Gasteiger partial charge is 0.325 e. The van der Waals surface area contributed by atoms with Crippen molar-refractivity contribution in [2.24, 2.45) is 0 Å². The minimum absolute atomic E-state index is 0.101. The number of amides is 1. The second-order valence-electron chi connectivity index (χ2n) is 6.36. The van der Waals surface area contributed by atoms with Crippen LogP contribution in [0.4, 0.5) is 15.8 Å². The lowest BCUT2D eigenvalue weighted by atomic mass is 10.2. The number of hydrogen-bond donors (Lipinski definition) is 1. The van der Waals surface area contributed by atoms with Gasteiger partial charge in [0.2, 0.25) is 5.91 Å². The molecule has 1 amide bonds. The van der Waals surface area contributed by atoms with Gasteiger partial charge in [-0.3, -0.25) is 9.10 Å². The first-order chi connectivity index (χ1) is 13.8. The predicted molar refractivity (Wildman–Crippen MR) is 115 cm³/mol. The van der Waals surface area contributed by atoms with Crippen LogP contribution in [-0.2, 0) is 14.8 Å². The van der Waals surface area contributed by atoms with Gasteiger partial charge in [-0.05, 0) is 67.6 Å². The maximum Gasteiger partial charge on any atom is 0.264 e. The molecule has 0 atom stereocenters. The summed E-state index contributed by atoms with van der Waals surface area (Å²) in [4.78, 5) is 12.5. The lowest BCUT2D eigenvalue weighted by Gasteiger charge is -2.24. The molecule has 0 unspecified atom stereocenters. The number of sulfonamides is 1. The van der Waals surface area contributed by atoms with Crippen LogP contribution in [0.1, 0.15) is 5.56 Å². The van der Waals surface area contributed by atoms with Crippen molar-refractivity contribution in [3.63, 3.8) is 0 Å². The molecule has 0 saturated heterocycles. The van der Waals surface area contributed by atoms with Crippen LogP contribution in [-0.4, -0.2) is 20.9 Å². The number of benzene rings is 3. The van der Waals surface area contributed by atoms with E-state index in [-0.39, 0.29) is 4.90 Å². The predicted octanol–water partition coefficient (Wildman–Crippen LogP) is 4.73. The lowest BCUT2D eigenvalue weighted by molar-refractivity contribution is -0.114. The molecule has 8 heteroatoms. The smallest absolute Gasteiger partial charge is 0.264 e. The SMILES string of the molecule is Cc1ccc(N(CC(=O)Nc2ccc(Br)cc2)S(=O)(=O)c2ccc(F)cc2)cc1. The molecule has 0 spiro atoms. The number of halogens is 2. The van der Waals surface area contributed by atoms with Crippen LogP contribution < -0.4 is 9.62 Å². The van der Waals surface area contributed by atoms with Gasteiger partial charge in [-0.15, -0.1) is 0 Å². The van der Waals surface area contributed by atoms with E-state index in [1.807, 2.05) is 6.92 Å². The minimum Gasteiger partial charge on any atom is -0.325 e. The van der Waals surface area contributed by atoms with Crippen molar-refractivity contribution in [1.29, 1.82) is 0 Å². The van der Waals surface area contributed by atoms with Crippen molar-refractivity contribution in [3.8, 4) is 0 Å². The third-order valence-corrected chi connectivity index (χ3v) is 6.46. The second-order valence-corrected chi connectivity index (χ2v) is 9.13. The third-order valence-electron chi connectivity index (χ3n) is 4.14. The Bertz CT molecular complexity index is 1100. The first-order valence-electron chi connectivity index (χ1n) is 8.66. The van der Waals surface area contributed by atoms with E-state index >= 15 is 0 Å². The average Bonchev–Trinajstić information content (AvgIpc) is 2.69. The summed E-state index contributed by atoms with van der Waals surface area (Å²) in [6.45, 7) is 1.45. The standard InChI is InChI=1S/C21H18BrFN2O3S/c1-15-2-10-19(11-3-15)25(29(27,28)20-12-6-17(23)7-13-20)14-21(26)24-18-8-4-16(22)5-9-18/h2-13H,14H2,1H3,(H,24,26). The van der Waals surface area contributed by atoms with Crippen LogP contribution in [0.5, 0.6) is 0 Å². The molecule has 1 N–H and O–H groups in total. The Morgan fingerprint density at radius 2 is 1.55 bits per heavy atom. The molecule has 0 heterocycles. The van der Waals surface area contributed by atoms with Gasteiger partial charge in [-0.25, -0.2) is 12.8 Å². The van der Waals surface area contributed by atoms with Crippen LogP contribution in [0.25, 0.3) is 0 Å². The quantitative estimate of drug-likeness (QED) is 0.558. The zero-order chi connectivity index (χ0) is 21.0. The molecule has 0 saturated carbocycles. The van der Waals surface area contributed by atoms with E-state index in [0.717, 1.165) is 26.5 Å². The molecule has 3 rings (SSSR count). The van der Waals surface area contributed by atoms with Gasteiger partial charge in [0.15, 0.2) is 0 Å². The Balaban J connectivity index is 1.92. The zero-order valence-corrected chi connectivity index (χ0v) is 17.9. The van der Waals surface area contributed by atoms with E-state index < -0.39 is 28.3 Å². The summed E-state index contributed by atoms with van der Waals surface area (Å²) in [5, 5.41) is 2.69. The summed E-state index contributed by atoms with van der Waals surface area (Å²) in [7, 11) is -4.08. The van der Waals surface area contributed by atoms with Crippen molar-refractivity contribution in [2.45, 2.75) is 11.8 Å². The summed E-state index contributed by atoms with van der Waals surface area (Å²) < 4.78 is 41.5. The highest BCUT2D eigenvalue weighted by Gasteiger charge is 2.27. The van der Waals surface area contributed by atoms with Gasteiger partial charge in [0.1, 0.15) is 12.4 Å². The van der Waals surface area contributed by atoms with Crippen molar-refractivity contribution < 1.29 is 17.6 Å². The van der Waals surface area contributed by atoms with E-state index in [4.69, 9.17) is 0 Å². The number of carbonyl (C=O) groups excluding carboxylic acids is 1. The molecular formula is C21H18BrFN2O3S. The molecule has 0 bridgehead atoms. The topological polar surface area (TPSA) is 66.5 Å². The van der Waals surface area contributed by atoms with Gasteiger partial charge in [-0.1, -0.05) is 33.6 Å². The molecule has 29 heavy (non-hydrogen) atoms. The molecule has 5 nitrogen and oxygen atoms in total. The molecule has 0 radical (unpaired) electrons. The summed E-state index contributed by atoms with van der Waals surface area (Å²) in [6, 6.07) is 18.2. The first kappa shape index (κ1) is 21.0. The molecule has 3 aromatic rings. The van der Waals surface area contributed by atoms with E-state index in [2.05, 4.69) is 21.2 Å². The molecule has 0 aliphatic carbocycles. The van der Waals surface area contributed by atoms with Crippen LogP contribution in [0.3, 0.4) is 0 Å². The highest BCUT2D eigenvalue weighted by molar-refractivity contribution is 9.10. The minimum atomic E-state index is -4.08. The lowest BCUT2D eigenvalue weighted by Crippen LogP contribution is -2.38. The number of rotatable bonds is 6. The monoisotopic (exact) mass is 476 g/mol. The van der Waals surface area contributed by atoms with Crippen LogP contribution >= 0.6 is 15.9 Å². The molecular weight excluding hydrogens is 459 g/mol. The van der Waals surface area contributed by atoms with Gasteiger partial charge in [0, 0.05) is 10.2 Å². The summed E-state index contributed by atoms with van der Waals surface area (Å²) in [5.41, 5.74) is 1.83. The maximum absolute atomic E-state index is 13.2. The number of nitrogens with one attached hydrogen (secondary N) is 1. The van der Waals surface area contributed by atoms with Crippen LogP contribution in [0, 0.1) is 12.7 Å². The third kappa shape index (κ3) is 5.21. The molecule has 150 valence electrons. The maximum atomic E-state index is 13.2. The summed E-state index contributed by atoms with van der Waals surface area (Å²) in [6.07, 6.45) is 0. The number of nitrogens with zero attached hydrogens (tertiary/aromatic N) is 1. The van der Waals surface area contributed by atoms with Gasteiger partial charge < -0.3 is 5.32 Å². The number of aryl methyl sites for hydroxylation is 1. The van der Waals surface area contributed by atoms with E-state index in [9.17, 15) is 17.6 Å². The normalized spacial score (nSPS) is 11.1. The van der Waals surface area contributed by atoms with Crippen molar-refractivity contribution in [1.82, 2.24) is 0 Å². The van der Waals surface area contributed by atoms with Gasteiger partial charge in [0.25, 0.3) is 10.0 Å². The molecule has 3 aromatic carbocycles. The molecule has 0 aromatic heterocycles. The van der Waals surface area contributed by atoms with Crippen molar-refractivity contribution >= 4 is 43.2 Å². The zero-order valence-electron chi connectivity index (χ0n) is 15.5. The van der Waals surface area contributed by atoms with E-state index in [1.54, 1.807) is 48.5 Å². The number of hydrogen-bond acceptors (Lipinski definition) is 3. The summed E-state index contributed by atoms with van der Waals surface area (Å²) >= 11 is 3.32. The fourth-order valence-corrected chi connectivity index (χ4v) is 4.31.